The third kappa shape index (κ3) is 0.819. The van der Waals surface area contributed by atoms with Crippen molar-refractivity contribution in [1.29, 1.82) is 0 Å². The van der Waals surface area contributed by atoms with Crippen molar-refractivity contribution in [1.82, 2.24) is 9.97 Å². The van der Waals surface area contributed by atoms with Gasteiger partial charge in [0.1, 0.15) is 0 Å². The van der Waals surface area contributed by atoms with Gasteiger partial charge < -0.3 is 4.42 Å². The Kier molecular flexibility index (Phi) is 1.25. The van der Waals surface area contributed by atoms with Gasteiger partial charge >= 0.3 is 0 Å². The van der Waals surface area contributed by atoms with Crippen LogP contribution in [-0.2, 0) is 0 Å². The van der Waals surface area contributed by atoms with Crippen molar-refractivity contribution < 1.29 is 4.42 Å². The second-order valence-electron chi connectivity index (χ2n) is 4.63. The summed E-state index contributed by atoms with van der Waals surface area (Å²) in [5.41, 5.74) is 1.77. The third-order valence-corrected chi connectivity index (χ3v) is 3.72. The first-order valence-electron chi connectivity index (χ1n) is 5.91. The fraction of sp³-hybridized carbons (Fsp3) is 0. The Morgan fingerprint density at radius 2 is 1.67 bits per heavy atom. The lowest BCUT2D eigenvalue weighted by Gasteiger charge is -2.03. The van der Waals surface area contributed by atoms with Crippen LogP contribution in [0.4, 0.5) is 0 Å². The first-order chi connectivity index (χ1) is 8.92. The van der Waals surface area contributed by atoms with E-state index in [1.165, 1.54) is 32.3 Å². The molecule has 3 heteroatoms. The molecule has 1 N–H and O–H groups in total. The molecule has 2 aromatic carbocycles. The van der Waals surface area contributed by atoms with Crippen molar-refractivity contribution in [3.05, 3.63) is 42.7 Å². The Balaban J connectivity index is 2.15. The van der Waals surface area contributed by atoms with Crippen LogP contribution in [0.3, 0.4) is 0 Å². The summed E-state index contributed by atoms with van der Waals surface area (Å²) in [4.78, 5) is 7.44. The molecule has 4 aromatic heterocycles. The number of fused-ring (bicyclic) bond motifs is 3. The van der Waals surface area contributed by atoms with Gasteiger partial charge in [0.2, 0.25) is 11.4 Å². The fourth-order valence-corrected chi connectivity index (χ4v) is 2.86. The van der Waals surface area contributed by atoms with E-state index in [-0.39, 0.29) is 0 Å². The number of aromatic nitrogens is 2. The highest BCUT2D eigenvalue weighted by Gasteiger charge is 2.16. The van der Waals surface area contributed by atoms with Crippen molar-refractivity contribution in [2.24, 2.45) is 0 Å². The lowest BCUT2D eigenvalue weighted by molar-refractivity contribution is 0.598. The summed E-state index contributed by atoms with van der Waals surface area (Å²) in [6.45, 7) is 0. The van der Waals surface area contributed by atoms with E-state index in [4.69, 9.17) is 4.42 Å². The van der Waals surface area contributed by atoms with E-state index in [1.807, 2.05) is 18.5 Å². The summed E-state index contributed by atoms with van der Waals surface area (Å²) in [7, 11) is 0. The summed E-state index contributed by atoms with van der Waals surface area (Å²) in [5.74, 6) is 0. The number of benzene rings is 2. The molecule has 0 aliphatic rings. The average Bonchev–Trinajstić information content (AvgIpc) is 2.92. The van der Waals surface area contributed by atoms with Gasteiger partial charge in [0.05, 0.1) is 5.39 Å². The maximum atomic E-state index is 5.55. The molecule has 0 fully saturated rings. The molecule has 0 radical (unpaired) electrons. The van der Waals surface area contributed by atoms with Crippen molar-refractivity contribution in [3.63, 3.8) is 0 Å². The summed E-state index contributed by atoms with van der Waals surface area (Å²) in [5, 5.41) is 7.21. The van der Waals surface area contributed by atoms with Crippen LogP contribution >= 0.6 is 0 Å². The van der Waals surface area contributed by atoms with Crippen LogP contribution in [0, 0.1) is 0 Å². The summed E-state index contributed by atoms with van der Waals surface area (Å²) >= 11 is 0. The van der Waals surface area contributed by atoms with E-state index < -0.39 is 0 Å². The van der Waals surface area contributed by atoms with Crippen molar-refractivity contribution in [2.75, 3.05) is 0 Å². The Morgan fingerprint density at radius 1 is 0.833 bits per heavy atom. The molecule has 0 saturated heterocycles. The van der Waals surface area contributed by atoms with Gasteiger partial charge in [-0.1, -0.05) is 18.2 Å². The minimum atomic E-state index is 0.883. The first-order valence-corrected chi connectivity index (χ1v) is 5.91. The number of hydrogen-bond acceptors (Lipinski definition) is 2. The number of nitrogens with zero attached hydrogens (tertiary/aromatic N) is 1. The van der Waals surface area contributed by atoms with Crippen molar-refractivity contribution >= 4 is 43.7 Å². The molecule has 18 heavy (non-hydrogen) atoms. The number of rotatable bonds is 0. The highest BCUT2D eigenvalue weighted by molar-refractivity contribution is 6.24. The van der Waals surface area contributed by atoms with Crippen LogP contribution in [0.25, 0.3) is 43.7 Å². The molecule has 4 heterocycles. The zero-order valence-electron chi connectivity index (χ0n) is 9.40. The monoisotopic (exact) mass is 232 g/mol. The van der Waals surface area contributed by atoms with Crippen LogP contribution in [0.15, 0.2) is 47.1 Å². The van der Waals surface area contributed by atoms with Crippen LogP contribution in [0.2, 0.25) is 0 Å². The van der Waals surface area contributed by atoms with Gasteiger partial charge in [-0.3, -0.25) is 9.97 Å². The fourth-order valence-electron chi connectivity index (χ4n) is 2.86. The molecule has 6 rings (SSSR count). The second kappa shape index (κ2) is 2.64. The molecule has 84 valence electrons. The molecule has 0 atom stereocenters. The number of furan rings is 1. The number of pyridine rings is 1. The maximum absolute atomic E-state index is 5.55. The molecule has 0 amide bonds. The van der Waals surface area contributed by atoms with Gasteiger partial charge in [0, 0.05) is 23.2 Å². The standard InChI is InChI=1S/C15H8N2O/c1-2-10-9(12-7-16-6-5-8(1)12)3-4-11-13(10)15-17-14(11)18-15/h1-7,17H. The van der Waals surface area contributed by atoms with E-state index in [2.05, 4.69) is 34.2 Å². The normalized spacial score (nSPS) is 12.4. The van der Waals surface area contributed by atoms with Crippen LogP contribution in [0.5, 0.6) is 0 Å². The minimum Gasteiger partial charge on any atom is -0.423 e. The maximum Gasteiger partial charge on any atom is 0.210 e. The molecule has 3 nitrogen and oxygen atoms in total. The Bertz CT molecular complexity index is 1010. The highest BCUT2D eigenvalue weighted by Crippen LogP contribution is 2.38. The summed E-state index contributed by atoms with van der Waals surface area (Å²) in [6, 6.07) is 10.6. The molecular formula is C15H8N2O. The Labute approximate surface area is 101 Å². The smallest absolute Gasteiger partial charge is 0.210 e. The minimum absolute atomic E-state index is 0.883. The van der Waals surface area contributed by atoms with Crippen LogP contribution in [-0.4, -0.2) is 9.97 Å². The number of nitrogens with one attached hydrogen (secondary N) is 1. The summed E-state index contributed by atoms with van der Waals surface area (Å²) < 4.78 is 5.55. The topological polar surface area (TPSA) is 41.8 Å². The molecule has 2 bridgehead atoms. The average molecular weight is 232 g/mol. The third-order valence-electron chi connectivity index (χ3n) is 3.72. The van der Waals surface area contributed by atoms with Crippen LogP contribution < -0.4 is 0 Å². The largest absolute Gasteiger partial charge is 0.423 e. The second-order valence-corrected chi connectivity index (χ2v) is 4.63. The van der Waals surface area contributed by atoms with Crippen molar-refractivity contribution in [2.45, 2.75) is 0 Å². The Hall–Kier alpha value is -2.55. The van der Waals surface area contributed by atoms with E-state index in [0.29, 0.717) is 0 Å². The predicted octanol–water partition coefficient (Wildman–Crippen LogP) is 4.05. The van der Waals surface area contributed by atoms with E-state index in [1.54, 1.807) is 0 Å². The van der Waals surface area contributed by atoms with Gasteiger partial charge in [-0.25, -0.2) is 0 Å². The molecule has 0 aliphatic heterocycles. The zero-order chi connectivity index (χ0) is 11.7. The van der Waals surface area contributed by atoms with E-state index >= 15 is 0 Å². The lowest BCUT2D eigenvalue weighted by atomic mass is 10.0. The SMILES string of the molecule is c1cc2ccc3c(ccc4c5[nH]c(o5)c43)c2cn1. The molecule has 6 aromatic rings. The molecule has 0 aliphatic carbocycles. The van der Waals surface area contributed by atoms with Crippen molar-refractivity contribution in [3.8, 4) is 0 Å². The number of aromatic amines is 1. The molecular weight excluding hydrogens is 224 g/mol. The zero-order valence-corrected chi connectivity index (χ0v) is 9.40. The first kappa shape index (κ1) is 8.53. The van der Waals surface area contributed by atoms with Gasteiger partial charge in [-0.2, -0.15) is 0 Å². The number of hydrogen-bond donors (Lipinski definition) is 1. The summed E-state index contributed by atoms with van der Waals surface area (Å²) in [6.07, 6.45) is 3.75. The highest BCUT2D eigenvalue weighted by atomic mass is 16.4. The van der Waals surface area contributed by atoms with Gasteiger partial charge in [-0.15, -0.1) is 0 Å². The van der Waals surface area contributed by atoms with Gasteiger partial charge in [-0.05, 0) is 28.3 Å². The predicted molar refractivity (Wildman–Crippen MR) is 72.1 cm³/mol. The molecule has 0 spiro atoms. The van der Waals surface area contributed by atoms with Gasteiger partial charge in [0.15, 0.2) is 0 Å². The van der Waals surface area contributed by atoms with E-state index in [9.17, 15) is 0 Å². The number of H-pyrrole nitrogens is 1. The lowest BCUT2D eigenvalue weighted by Crippen LogP contribution is -1.79. The van der Waals surface area contributed by atoms with E-state index in [0.717, 1.165) is 11.4 Å². The molecule has 0 unspecified atom stereocenters. The van der Waals surface area contributed by atoms with Crippen LogP contribution in [0.1, 0.15) is 0 Å². The quantitative estimate of drug-likeness (QED) is 0.409. The molecule has 0 saturated carbocycles. The van der Waals surface area contributed by atoms with Gasteiger partial charge in [0.25, 0.3) is 0 Å². The Morgan fingerprint density at radius 3 is 2.61 bits per heavy atom.